The van der Waals surface area contributed by atoms with Crippen LogP contribution in [0.25, 0.3) is 10.9 Å². The fourth-order valence-electron chi connectivity index (χ4n) is 10.2. The smallest absolute Gasteiger partial charge is 0.258 e. The fraction of sp³-hybridized carbons (Fsp3) is 0.750. The lowest BCUT2D eigenvalue weighted by molar-refractivity contribution is -0.174. The van der Waals surface area contributed by atoms with Crippen molar-refractivity contribution >= 4 is 10.9 Å². The van der Waals surface area contributed by atoms with E-state index in [0.717, 1.165) is 55.4 Å². The number of aromatic nitrogens is 2. The number of aliphatic hydroxyl groups excluding tert-OH is 2. The summed E-state index contributed by atoms with van der Waals surface area (Å²) in [6.07, 6.45) is 10.2. The second-order valence-corrected chi connectivity index (χ2v) is 14.0. The molecule has 6 rings (SSSR count). The topological polar surface area (TPSA) is 86.2 Å². The number of H-pyrrole nitrogens is 1. The number of rotatable bonds is 4. The molecule has 1 unspecified atom stereocenters. The van der Waals surface area contributed by atoms with E-state index in [1.807, 2.05) is 25.1 Å². The summed E-state index contributed by atoms with van der Waals surface area (Å²) >= 11 is 0. The number of nitrogens with zero attached hydrogens (tertiary/aromatic N) is 1. The number of aliphatic hydroxyl groups is 2. The van der Waals surface area contributed by atoms with E-state index in [0.29, 0.717) is 40.9 Å². The molecule has 5 heteroatoms. The lowest BCUT2D eigenvalue weighted by Crippen LogP contribution is -2.58. The molecule has 5 nitrogen and oxygen atoms in total. The van der Waals surface area contributed by atoms with E-state index in [2.05, 4.69) is 25.8 Å². The predicted molar refractivity (Wildman–Crippen MR) is 147 cm³/mol. The third kappa shape index (κ3) is 4.11. The van der Waals surface area contributed by atoms with Gasteiger partial charge in [0, 0.05) is 6.42 Å². The highest BCUT2D eigenvalue weighted by Gasteiger charge is 2.62. The Hall–Kier alpha value is -1.72. The molecule has 1 aromatic heterocycles. The fourth-order valence-corrected chi connectivity index (χ4v) is 10.2. The summed E-state index contributed by atoms with van der Waals surface area (Å²) < 4.78 is 0. The first kappa shape index (κ1) is 25.6. The van der Waals surface area contributed by atoms with Crippen LogP contribution in [0.2, 0.25) is 0 Å². The normalized spacial score (nSPS) is 42.2. The molecule has 0 aliphatic heterocycles. The van der Waals surface area contributed by atoms with Gasteiger partial charge in [-0.15, -0.1) is 0 Å². The Morgan fingerprint density at radius 2 is 1.81 bits per heavy atom. The van der Waals surface area contributed by atoms with Crippen LogP contribution >= 0.6 is 0 Å². The zero-order valence-corrected chi connectivity index (χ0v) is 23.2. The van der Waals surface area contributed by atoms with Crippen molar-refractivity contribution in [1.82, 2.24) is 9.97 Å². The van der Waals surface area contributed by atoms with Crippen LogP contribution in [-0.4, -0.2) is 32.4 Å². The predicted octanol–water partition coefficient (Wildman–Crippen LogP) is 5.79. The van der Waals surface area contributed by atoms with Crippen molar-refractivity contribution in [2.24, 2.45) is 46.3 Å². The van der Waals surface area contributed by atoms with E-state index in [9.17, 15) is 15.0 Å². The van der Waals surface area contributed by atoms with Gasteiger partial charge in [-0.2, -0.15) is 0 Å². The third-order valence-electron chi connectivity index (χ3n) is 12.2. The lowest BCUT2D eigenvalue weighted by atomic mass is 9.43. The van der Waals surface area contributed by atoms with Crippen molar-refractivity contribution in [1.29, 1.82) is 0 Å². The molecule has 0 bridgehead atoms. The molecule has 0 spiro atoms. The van der Waals surface area contributed by atoms with Crippen LogP contribution in [0.4, 0.5) is 0 Å². The van der Waals surface area contributed by atoms with Gasteiger partial charge in [-0.1, -0.05) is 26.8 Å². The molecular weight excluding hydrogens is 460 g/mol. The van der Waals surface area contributed by atoms with Crippen molar-refractivity contribution < 1.29 is 10.2 Å². The molecule has 3 N–H and O–H groups in total. The zero-order chi connectivity index (χ0) is 26.1. The molecule has 1 aromatic carbocycles. The highest BCUT2D eigenvalue weighted by molar-refractivity contribution is 5.78. The molecule has 4 saturated carbocycles. The van der Waals surface area contributed by atoms with Gasteiger partial charge in [-0.3, -0.25) is 4.79 Å². The number of fused-ring (bicyclic) bond motifs is 6. The van der Waals surface area contributed by atoms with Crippen molar-refractivity contribution in [2.45, 2.75) is 104 Å². The number of benzene rings is 1. The highest BCUT2D eigenvalue weighted by atomic mass is 16.3. The molecule has 202 valence electrons. The molecule has 0 amide bonds. The number of hydrogen-bond acceptors (Lipinski definition) is 4. The Kier molecular flexibility index (Phi) is 6.35. The maximum absolute atomic E-state index is 12.6. The second-order valence-electron chi connectivity index (χ2n) is 14.0. The average molecular weight is 507 g/mol. The molecule has 4 aliphatic carbocycles. The number of hydrogen-bond donors (Lipinski definition) is 3. The maximum atomic E-state index is 12.6. The molecule has 0 saturated heterocycles. The number of aromatic amines is 1. The lowest BCUT2D eigenvalue weighted by Gasteiger charge is -2.62. The molecule has 10 atom stereocenters. The Morgan fingerprint density at radius 1 is 1.05 bits per heavy atom. The highest BCUT2D eigenvalue weighted by Crippen LogP contribution is 2.68. The molecule has 2 aromatic rings. The van der Waals surface area contributed by atoms with Crippen LogP contribution in [0.5, 0.6) is 0 Å². The van der Waals surface area contributed by atoms with Gasteiger partial charge in [0.05, 0.1) is 23.1 Å². The third-order valence-corrected chi connectivity index (χ3v) is 12.2. The summed E-state index contributed by atoms with van der Waals surface area (Å²) in [6, 6.07) is 5.84. The first-order valence-electron chi connectivity index (χ1n) is 15.0. The summed E-state index contributed by atoms with van der Waals surface area (Å²) in [6.45, 7) is 9.47. The van der Waals surface area contributed by atoms with Crippen LogP contribution in [-0.2, 0) is 6.42 Å². The van der Waals surface area contributed by atoms with E-state index in [1.165, 1.54) is 25.7 Å². The Labute approximate surface area is 221 Å². The van der Waals surface area contributed by atoms with Crippen LogP contribution in [0.3, 0.4) is 0 Å². The Morgan fingerprint density at radius 3 is 2.62 bits per heavy atom. The van der Waals surface area contributed by atoms with Crippen LogP contribution < -0.4 is 5.56 Å². The van der Waals surface area contributed by atoms with Gasteiger partial charge in [0.1, 0.15) is 5.82 Å². The maximum Gasteiger partial charge on any atom is 0.258 e. The molecule has 37 heavy (non-hydrogen) atoms. The average Bonchev–Trinajstić information content (AvgIpc) is 3.20. The van der Waals surface area contributed by atoms with Crippen molar-refractivity contribution in [2.75, 3.05) is 0 Å². The van der Waals surface area contributed by atoms with Gasteiger partial charge < -0.3 is 15.2 Å². The second kappa shape index (κ2) is 9.19. The minimum atomic E-state index is -0.220. The minimum Gasteiger partial charge on any atom is -0.393 e. The standard InChI is InChI=1S/C32H46N2O3/c1-18-5-7-22-26(15-18)33-28(34-30(22)37)10-6-19(2)23-8-9-24-29-25(12-14-32(23,24)4)31(3)13-11-21(35)16-20(31)17-27(29)36/h5,7,15,19-21,23-25,27,29,35-36H,6,8-14,16-17H2,1-4H3,(H,33,34,37)/t19-,20+,21-,23-,24+,25?,27-,29+,31+,32-/m1/s1. The first-order chi connectivity index (χ1) is 17.6. The van der Waals surface area contributed by atoms with Crippen molar-refractivity contribution in [3.63, 3.8) is 0 Å². The van der Waals surface area contributed by atoms with Gasteiger partial charge in [-0.25, -0.2) is 4.98 Å². The van der Waals surface area contributed by atoms with E-state index < -0.39 is 0 Å². The summed E-state index contributed by atoms with van der Waals surface area (Å²) in [4.78, 5) is 20.5. The monoisotopic (exact) mass is 506 g/mol. The molecule has 1 heterocycles. The van der Waals surface area contributed by atoms with Gasteiger partial charge in [0.2, 0.25) is 0 Å². The van der Waals surface area contributed by atoms with Gasteiger partial charge in [0.25, 0.3) is 5.56 Å². The van der Waals surface area contributed by atoms with E-state index in [4.69, 9.17) is 4.98 Å². The minimum absolute atomic E-state index is 0.0350. The van der Waals surface area contributed by atoms with E-state index in [1.54, 1.807) is 0 Å². The summed E-state index contributed by atoms with van der Waals surface area (Å²) in [5.74, 6) is 4.08. The number of aryl methyl sites for hydroxylation is 2. The van der Waals surface area contributed by atoms with Gasteiger partial charge in [0.15, 0.2) is 0 Å². The Bertz CT molecular complexity index is 1220. The van der Waals surface area contributed by atoms with E-state index in [-0.39, 0.29) is 28.6 Å². The quantitative estimate of drug-likeness (QED) is 0.490. The number of nitrogens with one attached hydrogen (secondary N) is 1. The summed E-state index contributed by atoms with van der Waals surface area (Å²) in [5.41, 5.74) is 2.44. The summed E-state index contributed by atoms with van der Waals surface area (Å²) in [7, 11) is 0. The first-order valence-corrected chi connectivity index (χ1v) is 15.0. The Balaban J connectivity index is 1.18. The zero-order valence-electron chi connectivity index (χ0n) is 23.2. The van der Waals surface area contributed by atoms with Crippen molar-refractivity contribution in [3.8, 4) is 0 Å². The van der Waals surface area contributed by atoms with Gasteiger partial charge in [-0.05, 0) is 129 Å². The molecule has 4 fully saturated rings. The SMILES string of the molecule is Cc1ccc2c(=O)[nH]c(CC[C@@H](C)[C@H]3CC[C@H]4[C@H]5C(CC[C@]34C)[C@@]3(C)CC[C@@H](O)C[C@H]3C[C@H]5O)nc2c1. The van der Waals surface area contributed by atoms with Crippen LogP contribution in [0, 0.1) is 53.3 Å². The van der Waals surface area contributed by atoms with Gasteiger partial charge >= 0.3 is 0 Å². The van der Waals surface area contributed by atoms with Crippen molar-refractivity contribution in [3.05, 3.63) is 39.9 Å². The largest absolute Gasteiger partial charge is 0.393 e. The van der Waals surface area contributed by atoms with Crippen LogP contribution in [0.15, 0.2) is 23.0 Å². The molecular formula is C32H46N2O3. The summed E-state index contributed by atoms with van der Waals surface area (Å²) in [5, 5.41) is 22.5. The van der Waals surface area contributed by atoms with E-state index >= 15 is 0 Å². The van der Waals surface area contributed by atoms with Crippen LogP contribution in [0.1, 0.15) is 89.9 Å². The molecule has 4 aliphatic rings. The molecule has 0 radical (unpaired) electrons.